The van der Waals surface area contributed by atoms with E-state index < -0.39 is 16.4 Å². The van der Waals surface area contributed by atoms with Crippen LogP contribution in [-0.4, -0.2) is 27.3 Å². The number of nitro groups is 1. The molecule has 112 valence electrons. The van der Waals surface area contributed by atoms with Crippen LogP contribution in [0.15, 0.2) is 0 Å². The van der Waals surface area contributed by atoms with Gasteiger partial charge in [-0.2, -0.15) is 5.10 Å². The van der Waals surface area contributed by atoms with E-state index in [1.165, 1.54) is 0 Å². The molecule has 0 bridgehead atoms. The van der Waals surface area contributed by atoms with Gasteiger partial charge in [-0.25, -0.2) is 9.48 Å². The van der Waals surface area contributed by atoms with Crippen LogP contribution < -0.4 is 0 Å². The van der Waals surface area contributed by atoms with E-state index in [9.17, 15) is 14.9 Å². The van der Waals surface area contributed by atoms with E-state index in [-0.39, 0.29) is 29.1 Å². The molecule has 1 heterocycles. The van der Waals surface area contributed by atoms with Gasteiger partial charge in [0.25, 0.3) is 0 Å². The fourth-order valence-electron chi connectivity index (χ4n) is 1.73. The summed E-state index contributed by atoms with van der Waals surface area (Å²) in [5.41, 5.74) is -1.23. The van der Waals surface area contributed by atoms with Crippen LogP contribution >= 0.6 is 11.6 Å². The van der Waals surface area contributed by atoms with E-state index in [4.69, 9.17) is 16.3 Å². The van der Waals surface area contributed by atoms with Crippen LogP contribution in [0.25, 0.3) is 0 Å². The molecule has 8 heteroatoms. The zero-order chi connectivity index (χ0) is 15.7. The second-order valence-electron chi connectivity index (χ2n) is 5.13. The van der Waals surface area contributed by atoms with Gasteiger partial charge in [0.2, 0.25) is 5.15 Å². The van der Waals surface area contributed by atoms with Crippen LogP contribution in [0.4, 0.5) is 5.69 Å². The van der Waals surface area contributed by atoms with Gasteiger partial charge in [0.1, 0.15) is 5.69 Å². The average molecular weight is 304 g/mol. The van der Waals surface area contributed by atoms with E-state index in [0.29, 0.717) is 0 Å². The Kier molecular flexibility index (Phi) is 4.75. The number of rotatable bonds is 5. The van der Waals surface area contributed by atoms with Crippen LogP contribution in [0.2, 0.25) is 5.15 Å². The number of ether oxygens (including phenoxy) is 1. The van der Waals surface area contributed by atoms with E-state index in [1.807, 2.05) is 0 Å². The van der Waals surface area contributed by atoms with Crippen molar-refractivity contribution in [1.29, 1.82) is 0 Å². The summed E-state index contributed by atoms with van der Waals surface area (Å²) in [5, 5.41) is 15.1. The molecule has 0 saturated heterocycles. The van der Waals surface area contributed by atoms with Crippen molar-refractivity contribution >= 4 is 23.3 Å². The molecule has 0 aliphatic rings. The van der Waals surface area contributed by atoms with Crippen LogP contribution in [-0.2, 0) is 15.1 Å². The summed E-state index contributed by atoms with van der Waals surface area (Å²) >= 11 is 6.05. The molecule has 0 radical (unpaired) electrons. The molecular weight excluding hydrogens is 286 g/mol. The highest BCUT2D eigenvalue weighted by Crippen LogP contribution is 2.36. The molecule has 0 saturated carbocycles. The Bertz CT molecular complexity index is 537. The molecule has 7 nitrogen and oxygen atoms in total. The lowest BCUT2D eigenvalue weighted by Gasteiger charge is -2.23. The smallest absolute Gasteiger partial charge is 0.333 e. The predicted molar refractivity (Wildman–Crippen MR) is 73.9 cm³/mol. The molecule has 0 spiro atoms. The third kappa shape index (κ3) is 2.77. The largest absolute Gasteiger partial charge is 0.464 e. The summed E-state index contributed by atoms with van der Waals surface area (Å²) < 4.78 is 6.11. The van der Waals surface area contributed by atoms with Crippen LogP contribution in [0.1, 0.15) is 46.2 Å². The van der Waals surface area contributed by atoms with Crippen molar-refractivity contribution in [3.63, 3.8) is 0 Å². The molecule has 0 fully saturated rings. The van der Waals surface area contributed by atoms with Crippen molar-refractivity contribution in [3.8, 4) is 0 Å². The van der Waals surface area contributed by atoms with Crippen LogP contribution in [0.3, 0.4) is 0 Å². The Hall–Kier alpha value is -1.63. The average Bonchev–Trinajstić information content (AvgIpc) is 2.67. The number of esters is 1. The topological polar surface area (TPSA) is 87.3 Å². The van der Waals surface area contributed by atoms with Gasteiger partial charge in [-0.3, -0.25) is 10.1 Å². The molecule has 0 unspecified atom stereocenters. The van der Waals surface area contributed by atoms with Crippen LogP contribution in [0.5, 0.6) is 0 Å². The number of carbonyl (C=O) groups excluding carboxylic acids is 1. The van der Waals surface area contributed by atoms with Crippen molar-refractivity contribution in [2.24, 2.45) is 0 Å². The molecule has 0 atom stereocenters. The SMILES string of the molecule is CCOC(=O)C(C)(C)n1nc(C(C)C)c([N+](=O)[O-])c1Cl. The third-order valence-corrected chi connectivity index (χ3v) is 3.20. The van der Waals surface area contributed by atoms with Crippen molar-refractivity contribution in [2.75, 3.05) is 6.61 Å². The summed E-state index contributed by atoms with van der Waals surface area (Å²) in [7, 11) is 0. The molecule has 0 aliphatic heterocycles. The third-order valence-electron chi connectivity index (χ3n) is 2.87. The number of hydrogen-bond acceptors (Lipinski definition) is 5. The zero-order valence-electron chi connectivity index (χ0n) is 12.1. The summed E-state index contributed by atoms with van der Waals surface area (Å²) in [6.07, 6.45) is 0. The van der Waals surface area contributed by atoms with Gasteiger partial charge in [0.15, 0.2) is 5.54 Å². The second kappa shape index (κ2) is 5.78. The fourth-order valence-corrected chi connectivity index (χ4v) is 2.14. The number of carbonyl (C=O) groups is 1. The number of halogens is 1. The highest BCUT2D eigenvalue weighted by atomic mass is 35.5. The van der Waals surface area contributed by atoms with Crippen molar-refractivity contribution < 1.29 is 14.5 Å². The number of hydrogen-bond donors (Lipinski definition) is 0. The minimum atomic E-state index is -1.22. The Morgan fingerprint density at radius 2 is 2.10 bits per heavy atom. The maximum atomic E-state index is 12.0. The van der Waals surface area contributed by atoms with Crippen LogP contribution in [0, 0.1) is 10.1 Å². The molecule has 20 heavy (non-hydrogen) atoms. The number of aromatic nitrogens is 2. The monoisotopic (exact) mass is 303 g/mol. The summed E-state index contributed by atoms with van der Waals surface area (Å²) in [4.78, 5) is 22.5. The van der Waals surface area contributed by atoms with Gasteiger partial charge in [-0.1, -0.05) is 25.4 Å². The van der Waals surface area contributed by atoms with Crippen molar-refractivity contribution in [1.82, 2.24) is 9.78 Å². The summed E-state index contributed by atoms with van der Waals surface area (Å²) in [6, 6.07) is 0. The molecular formula is C12H18ClN3O4. The van der Waals surface area contributed by atoms with Crippen molar-refractivity contribution in [2.45, 2.75) is 46.1 Å². The van der Waals surface area contributed by atoms with E-state index in [0.717, 1.165) is 4.68 Å². The Labute approximate surface area is 122 Å². The van der Waals surface area contributed by atoms with Gasteiger partial charge in [0.05, 0.1) is 11.5 Å². The summed E-state index contributed by atoms with van der Waals surface area (Å²) in [6.45, 7) is 8.54. The molecule has 0 aromatic carbocycles. The maximum Gasteiger partial charge on any atom is 0.333 e. The first-order valence-electron chi connectivity index (χ1n) is 6.25. The maximum absolute atomic E-state index is 12.0. The van der Waals surface area contributed by atoms with E-state index in [1.54, 1.807) is 34.6 Å². The highest BCUT2D eigenvalue weighted by Gasteiger charge is 2.39. The lowest BCUT2D eigenvalue weighted by molar-refractivity contribution is -0.385. The van der Waals surface area contributed by atoms with E-state index in [2.05, 4.69) is 5.10 Å². The first-order valence-corrected chi connectivity index (χ1v) is 6.62. The van der Waals surface area contributed by atoms with Gasteiger partial charge < -0.3 is 4.74 Å². The second-order valence-corrected chi connectivity index (χ2v) is 5.49. The quantitative estimate of drug-likeness (QED) is 0.474. The fraction of sp³-hybridized carbons (Fsp3) is 0.667. The van der Waals surface area contributed by atoms with Crippen molar-refractivity contribution in [3.05, 3.63) is 21.0 Å². The standard InChI is InChI=1S/C12H18ClN3O4/c1-6-20-11(17)12(4,5)15-10(13)9(16(18)19)8(14-15)7(2)3/h7H,6H2,1-5H3. The van der Waals surface area contributed by atoms with E-state index >= 15 is 0 Å². The zero-order valence-corrected chi connectivity index (χ0v) is 12.9. The minimum Gasteiger partial charge on any atom is -0.464 e. The Balaban J connectivity index is 3.43. The highest BCUT2D eigenvalue weighted by molar-refractivity contribution is 6.32. The Morgan fingerprint density at radius 3 is 2.45 bits per heavy atom. The lowest BCUT2D eigenvalue weighted by atomic mass is 10.1. The molecule has 1 aromatic rings. The lowest BCUT2D eigenvalue weighted by Crippen LogP contribution is -2.38. The van der Waals surface area contributed by atoms with Gasteiger partial charge in [-0.05, 0) is 20.8 Å². The molecule has 0 amide bonds. The number of nitrogens with zero attached hydrogens (tertiary/aromatic N) is 3. The predicted octanol–water partition coefficient (Wildman–Crippen LogP) is 2.87. The first-order chi connectivity index (χ1) is 9.14. The van der Waals surface area contributed by atoms with Gasteiger partial charge in [-0.15, -0.1) is 0 Å². The summed E-state index contributed by atoms with van der Waals surface area (Å²) in [5.74, 6) is -0.734. The first kappa shape index (κ1) is 16.4. The normalized spacial score (nSPS) is 11.8. The molecule has 1 rings (SSSR count). The van der Waals surface area contributed by atoms with Gasteiger partial charge in [0, 0.05) is 5.92 Å². The molecule has 0 N–H and O–H groups in total. The van der Waals surface area contributed by atoms with Gasteiger partial charge >= 0.3 is 11.7 Å². The molecule has 1 aromatic heterocycles. The molecule has 0 aliphatic carbocycles. The Morgan fingerprint density at radius 1 is 1.55 bits per heavy atom. The minimum absolute atomic E-state index is 0.170.